The summed E-state index contributed by atoms with van der Waals surface area (Å²) in [6.07, 6.45) is 0.724. The van der Waals surface area contributed by atoms with Gasteiger partial charge in [0.15, 0.2) is 0 Å². The van der Waals surface area contributed by atoms with Crippen LogP contribution in [0.5, 0.6) is 0 Å². The highest BCUT2D eigenvalue weighted by atomic mass is 32.2. The Kier molecular flexibility index (Phi) is 3.74. The molecule has 0 saturated carbocycles. The first-order valence-corrected chi connectivity index (χ1v) is 6.81. The molecule has 1 unspecified atom stereocenters. The fraction of sp³-hybridized carbons (Fsp3) is 0.462. The maximum atomic E-state index is 11.8. The quantitative estimate of drug-likeness (QED) is 0.867. The van der Waals surface area contributed by atoms with Crippen LogP contribution in [0.25, 0.3) is 0 Å². The van der Waals surface area contributed by atoms with E-state index in [1.807, 2.05) is 6.07 Å². The lowest BCUT2D eigenvalue weighted by molar-refractivity contribution is -0.115. The van der Waals surface area contributed by atoms with E-state index in [0.717, 1.165) is 17.0 Å². The molecule has 1 heterocycles. The van der Waals surface area contributed by atoms with Gasteiger partial charge in [0.25, 0.3) is 0 Å². The third-order valence-corrected chi connectivity index (χ3v) is 4.25. The number of nitrogens with one attached hydrogen (secondary N) is 1. The maximum Gasteiger partial charge on any atom is 0.237 e. The number of anilines is 1. The molecule has 0 bridgehead atoms. The third-order valence-electron chi connectivity index (χ3n) is 2.92. The van der Waals surface area contributed by atoms with Crippen molar-refractivity contribution in [1.29, 1.82) is 0 Å². The van der Waals surface area contributed by atoms with Gasteiger partial charge in [-0.3, -0.25) is 4.79 Å². The summed E-state index contributed by atoms with van der Waals surface area (Å²) in [7, 11) is 0. The lowest BCUT2D eigenvalue weighted by Crippen LogP contribution is -2.30. The fourth-order valence-electron chi connectivity index (χ4n) is 1.86. The lowest BCUT2D eigenvalue weighted by Gasteiger charge is -2.24. The van der Waals surface area contributed by atoms with Crippen LogP contribution in [0.3, 0.4) is 0 Å². The van der Waals surface area contributed by atoms with Gasteiger partial charge < -0.3 is 11.1 Å². The molecule has 92 valence electrons. The van der Waals surface area contributed by atoms with Crippen LogP contribution in [-0.4, -0.2) is 17.7 Å². The van der Waals surface area contributed by atoms with E-state index < -0.39 is 0 Å². The zero-order valence-electron chi connectivity index (χ0n) is 10.2. The lowest BCUT2D eigenvalue weighted by atomic mass is 10.0. The SMILES string of the molecule is CC(C)c1ccc2c(c1)SC(CCN)C(=O)N2. The Morgan fingerprint density at radius 3 is 2.88 bits per heavy atom. The van der Waals surface area contributed by atoms with Gasteiger partial charge in [0.1, 0.15) is 0 Å². The molecule has 1 atom stereocenters. The van der Waals surface area contributed by atoms with Gasteiger partial charge in [-0.25, -0.2) is 0 Å². The molecule has 2 rings (SSSR count). The van der Waals surface area contributed by atoms with Gasteiger partial charge in [-0.2, -0.15) is 0 Å². The van der Waals surface area contributed by atoms with Crippen molar-refractivity contribution in [3.05, 3.63) is 23.8 Å². The Morgan fingerprint density at radius 1 is 1.47 bits per heavy atom. The fourth-order valence-corrected chi connectivity index (χ4v) is 3.04. The Morgan fingerprint density at radius 2 is 2.24 bits per heavy atom. The van der Waals surface area contributed by atoms with Crippen molar-refractivity contribution < 1.29 is 4.79 Å². The molecule has 0 saturated heterocycles. The molecule has 1 aliphatic heterocycles. The second-order valence-electron chi connectivity index (χ2n) is 4.58. The highest BCUT2D eigenvalue weighted by Gasteiger charge is 2.26. The van der Waals surface area contributed by atoms with Gasteiger partial charge in [-0.15, -0.1) is 11.8 Å². The molecule has 0 radical (unpaired) electrons. The monoisotopic (exact) mass is 250 g/mol. The average molecular weight is 250 g/mol. The van der Waals surface area contributed by atoms with Gasteiger partial charge >= 0.3 is 0 Å². The Bertz CT molecular complexity index is 431. The predicted molar refractivity (Wildman–Crippen MR) is 72.5 cm³/mol. The molecule has 0 fully saturated rings. The van der Waals surface area contributed by atoms with E-state index in [-0.39, 0.29) is 11.2 Å². The maximum absolute atomic E-state index is 11.8. The number of fused-ring (bicyclic) bond motifs is 1. The average Bonchev–Trinajstić information content (AvgIpc) is 2.29. The van der Waals surface area contributed by atoms with E-state index in [9.17, 15) is 4.79 Å². The van der Waals surface area contributed by atoms with E-state index in [4.69, 9.17) is 5.73 Å². The minimum absolute atomic E-state index is 0.0464. The number of carbonyl (C=O) groups excluding carboxylic acids is 1. The molecule has 0 aliphatic carbocycles. The predicted octanol–water partition coefficient (Wildman–Crippen LogP) is 2.57. The van der Waals surface area contributed by atoms with Crippen molar-refractivity contribution >= 4 is 23.4 Å². The normalized spacial score (nSPS) is 19.1. The van der Waals surface area contributed by atoms with Crippen molar-refractivity contribution in [2.45, 2.75) is 36.3 Å². The van der Waals surface area contributed by atoms with Gasteiger partial charge in [0.05, 0.1) is 10.9 Å². The summed E-state index contributed by atoms with van der Waals surface area (Å²) in [6, 6.07) is 6.25. The molecular formula is C13H18N2OS. The first-order chi connectivity index (χ1) is 8.11. The zero-order chi connectivity index (χ0) is 12.4. The van der Waals surface area contributed by atoms with Crippen LogP contribution >= 0.6 is 11.8 Å². The second kappa shape index (κ2) is 5.10. The minimum atomic E-state index is -0.0464. The number of hydrogen-bond acceptors (Lipinski definition) is 3. The molecule has 3 nitrogen and oxygen atoms in total. The summed E-state index contributed by atoms with van der Waals surface area (Å²) in [4.78, 5) is 12.9. The smallest absolute Gasteiger partial charge is 0.237 e. The molecule has 4 heteroatoms. The van der Waals surface area contributed by atoms with E-state index in [2.05, 4.69) is 31.3 Å². The minimum Gasteiger partial charge on any atom is -0.330 e. The van der Waals surface area contributed by atoms with E-state index in [1.165, 1.54) is 5.56 Å². The molecular weight excluding hydrogens is 232 g/mol. The number of amides is 1. The van der Waals surface area contributed by atoms with Crippen molar-refractivity contribution in [2.75, 3.05) is 11.9 Å². The second-order valence-corrected chi connectivity index (χ2v) is 5.83. The summed E-state index contributed by atoms with van der Waals surface area (Å²) < 4.78 is 0. The van der Waals surface area contributed by atoms with E-state index in [0.29, 0.717) is 12.5 Å². The van der Waals surface area contributed by atoms with Crippen molar-refractivity contribution in [3.63, 3.8) is 0 Å². The zero-order valence-corrected chi connectivity index (χ0v) is 11.0. The number of thioether (sulfide) groups is 1. The summed E-state index contributed by atoms with van der Waals surface area (Å²) in [5.41, 5.74) is 7.76. The van der Waals surface area contributed by atoms with Crippen LogP contribution in [0, 0.1) is 0 Å². The number of hydrogen-bond donors (Lipinski definition) is 2. The number of nitrogens with two attached hydrogens (primary N) is 1. The van der Waals surface area contributed by atoms with Crippen molar-refractivity contribution in [3.8, 4) is 0 Å². The summed E-state index contributed by atoms with van der Waals surface area (Å²) in [6.45, 7) is 4.89. The van der Waals surface area contributed by atoms with E-state index >= 15 is 0 Å². The Hall–Kier alpha value is -1.00. The van der Waals surface area contributed by atoms with Crippen LogP contribution < -0.4 is 11.1 Å². The number of benzene rings is 1. The summed E-state index contributed by atoms with van der Waals surface area (Å²) in [5, 5.41) is 2.90. The highest BCUT2D eigenvalue weighted by molar-refractivity contribution is 8.01. The molecule has 1 aromatic carbocycles. The van der Waals surface area contributed by atoms with Crippen LogP contribution in [0.15, 0.2) is 23.1 Å². The van der Waals surface area contributed by atoms with Crippen molar-refractivity contribution in [2.24, 2.45) is 5.73 Å². The topological polar surface area (TPSA) is 55.1 Å². The van der Waals surface area contributed by atoms with E-state index in [1.54, 1.807) is 11.8 Å². The molecule has 1 amide bonds. The largest absolute Gasteiger partial charge is 0.330 e. The van der Waals surface area contributed by atoms with Crippen LogP contribution in [0.4, 0.5) is 5.69 Å². The molecule has 1 aromatic rings. The summed E-state index contributed by atoms with van der Waals surface area (Å²) in [5.74, 6) is 0.580. The van der Waals surface area contributed by atoms with Crippen LogP contribution in [-0.2, 0) is 4.79 Å². The third kappa shape index (κ3) is 2.64. The standard InChI is InChI=1S/C13H18N2OS/c1-8(2)9-3-4-10-12(7-9)17-11(5-6-14)13(16)15-10/h3-4,7-8,11H,5-6,14H2,1-2H3,(H,15,16). The van der Waals surface area contributed by atoms with Gasteiger partial charge in [0, 0.05) is 4.90 Å². The number of rotatable bonds is 3. The van der Waals surface area contributed by atoms with Gasteiger partial charge in [-0.05, 0) is 36.6 Å². The Balaban J connectivity index is 2.27. The molecule has 0 spiro atoms. The first kappa shape index (κ1) is 12.5. The van der Waals surface area contributed by atoms with Crippen LogP contribution in [0.1, 0.15) is 31.7 Å². The molecule has 3 N–H and O–H groups in total. The summed E-state index contributed by atoms with van der Waals surface area (Å²) >= 11 is 1.63. The highest BCUT2D eigenvalue weighted by Crippen LogP contribution is 2.38. The molecule has 17 heavy (non-hydrogen) atoms. The van der Waals surface area contributed by atoms with Gasteiger partial charge in [0.2, 0.25) is 5.91 Å². The van der Waals surface area contributed by atoms with Gasteiger partial charge in [-0.1, -0.05) is 19.9 Å². The van der Waals surface area contributed by atoms with Crippen LogP contribution in [0.2, 0.25) is 0 Å². The first-order valence-electron chi connectivity index (χ1n) is 5.93. The Labute approximate surface area is 106 Å². The molecule has 0 aromatic heterocycles. The number of carbonyl (C=O) groups is 1. The van der Waals surface area contributed by atoms with Crippen molar-refractivity contribution in [1.82, 2.24) is 0 Å². The molecule has 1 aliphatic rings.